The molecule has 2 rings (SSSR count). The fourth-order valence-electron chi connectivity index (χ4n) is 3.90. The molecule has 20 heavy (non-hydrogen) atoms. The second kappa shape index (κ2) is 7.44. The molecule has 2 aliphatic rings. The molecule has 0 heterocycles. The van der Waals surface area contributed by atoms with Gasteiger partial charge in [0.1, 0.15) is 0 Å². The van der Waals surface area contributed by atoms with E-state index in [1.807, 2.05) is 0 Å². The number of aliphatic carboxylic acids is 1. The molecular weight excluding hydrogens is 250 g/mol. The van der Waals surface area contributed by atoms with E-state index in [1.54, 1.807) is 0 Å². The van der Waals surface area contributed by atoms with Gasteiger partial charge in [-0.2, -0.15) is 0 Å². The van der Waals surface area contributed by atoms with Crippen LogP contribution in [0.5, 0.6) is 0 Å². The van der Waals surface area contributed by atoms with Crippen LogP contribution in [0.15, 0.2) is 0 Å². The zero-order chi connectivity index (χ0) is 14.5. The summed E-state index contributed by atoms with van der Waals surface area (Å²) in [4.78, 5) is 11.0. The zero-order valence-electron chi connectivity index (χ0n) is 13.1. The fraction of sp³-hybridized carbons (Fsp3) is 0.941. The summed E-state index contributed by atoms with van der Waals surface area (Å²) in [5, 5.41) is 12.8. The molecular formula is C17H31NO2. The van der Waals surface area contributed by atoms with Crippen molar-refractivity contribution in [3.63, 3.8) is 0 Å². The molecule has 3 heteroatoms. The Balaban J connectivity index is 1.64. The molecule has 3 nitrogen and oxygen atoms in total. The number of nitrogens with one attached hydrogen (secondary N) is 1. The van der Waals surface area contributed by atoms with Crippen molar-refractivity contribution in [3.05, 3.63) is 0 Å². The van der Waals surface area contributed by atoms with Gasteiger partial charge in [-0.25, -0.2) is 0 Å². The lowest BCUT2D eigenvalue weighted by molar-refractivity contribution is -0.142. The van der Waals surface area contributed by atoms with Crippen molar-refractivity contribution in [1.29, 1.82) is 0 Å². The molecule has 2 unspecified atom stereocenters. The Kier molecular flexibility index (Phi) is 5.88. The van der Waals surface area contributed by atoms with Crippen LogP contribution < -0.4 is 5.32 Å². The van der Waals surface area contributed by atoms with Crippen LogP contribution in [0, 0.1) is 17.8 Å². The van der Waals surface area contributed by atoms with Crippen LogP contribution in [-0.2, 0) is 4.79 Å². The number of carboxylic acid groups (broad SMARTS) is 1. The maximum absolute atomic E-state index is 11.0. The van der Waals surface area contributed by atoms with Gasteiger partial charge >= 0.3 is 5.97 Å². The summed E-state index contributed by atoms with van der Waals surface area (Å²) in [6, 6.07) is 1.26. The standard InChI is InChI=1S/C17H31NO2/c1-12(2)3-4-13-5-8-16(11-13)18-15-9-6-14(7-10-15)17(19)20/h12-16,18H,3-11H2,1-2H3,(H,19,20). The Morgan fingerprint density at radius 1 is 1.10 bits per heavy atom. The highest BCUT2D eigenvalue weighted by Gasteiger charge is 2.30. The number of carbonyl (C=O) groups is 1. The van der Waals surface area contributed by atoms with Gasteiger partial charge in [-0.15, -0.1) is 0 Å². The minimum Gasteiger partial charge on any atom is -0.481 e. The number of hydrogen-bond donors (Lipinski definition) is 2. The molecule has 0 bridgehead atoms. The molecule has 2 aliphatic carbocycles. The predicted molar refractivity (Wildman–Crippen MR) is 81.7 cm³/mol. The number of rotatable bonds is 6. The SMILES string of the molecule is CC(C)CCC1CCC(NC2CCC(C(=O)O)CC2)C1. The Labute approximate surface area is 123 Å². The van der Waals surface area contributed by atoms with Gasteiger partial charge in [-0.1, -0.05) is 26.7 Å². The lowest BCUT2D eigenvalue weighted by Crippen LogP contribution is -2.40. The highest BCUT2D eigenvalue weighted by atomic mass is 16.4. The first kappa shape index (κ1) is 15.8. The van der Waals surface area contributed by atoms with Crippen molar-refractivity contribution < 1.29 is 9.90 Å². The van der Waals surface area contributed by atoms with E-state index >= 15 is 0 Å². The lowest BCUT2D eigenvalue weighted by Gasteiger charge is -2.29. The van der Waals surface area contributed by atoms with Gasteiger partial charge in [0.25, 0.3) is 0 Å². The van der Waals surface area contributed by atoms with E-state index in [9.17, 15) is 4.79 Å². The normalized spacial score (nSPS) is 34.5. The molecule has 0 aromatic rings. The predicted octanol–water partition coefficient (Wildman–Crippen LogP) is 3.82. The van der Waals surface area contributed by atoms with Crippen LogP contribution >= 0.6 is 0 Å². The second-order valence-corrected chi connectivity index (χ2v) is 7.40. The number of hydrogen-bond acceptors (Lipinski definition) is 2. The molecule has 2 atom stereocenters. The molecule has 2 N–H and O–H groups in total. The van der Waals surface area contributed by atoms with E-state index < -0.39 is 5.97 Å². The van der Waals surface area contributed by atoms with Crippen molar-refractivity contribution in [2.24, 2.45) is 17.8 Å². The summed E-state index contributed by atoms with van der Waals surface area (Å²) >= 11 is 0. The molecule has 0 saturated heterocycles. The third kappa shape index (κ3) is 4.76. The van der Waals surface area contributed by atoms with Gasteiger partial charge in [0.05, 0.1) is 5.92 Å². The van der Waals surface area contributed by atoms with Crippen LogP contribution in [0.1, 0.15) is 71.6 Å². The first-order valence-electron chi connectivity index (χ1n) is 8.53. The fourth-order valence-corrected chi connectivity index (χ4v) is 3.90. The van der Waals surface area contributed by atoms with Crippen molar-refractivity contribution in [1.82, 2.24) is 5.32 Å². The highest BCUT2D eigenvalue weighted by molar-refractivity contribution is 5.70. The first-order chi connectivity index (χ1) is 9.54. The van der Waals surface area contributed by atoms with Crippen LogP contribution in [0.4, 0.5) is 0 Å². The van der Waals surface area contributed by atoms with Crippen molar-refractivity contribution in [2.45, 2.75) is 83.7 Å². The van der Waals surface area contributed by atoms with Crippen molar-refractivity contribution >= 4 is 5.97 Å². The van der Waals surface area contributed by atoms with Gasteiger partial charge in [-0.05, 0) is 56.8 Å². The molecule has 0 spiro atoms. The Hall–Kier alpha value is -0.570. The molecule has 2 fully saturated rings. The quantitative estimate of drug-likeness (QED) is 0.778. The van der Waals surface area contributed by atoms with Crippen LogP contribution in [0.25, 0.3) is 0 Å². The summed E-state index contributed by atoms with van der Waals surface area (Å²) < 4.78 is 0. The second-order valence-electron chi connectivity index (χ2n) is 7.40. The third-order valence-electron chi connectivity index (χ3n) is 5.24. The van der Waals surface area contributed by atoms with Gasteiger partial charge < -0.3 is 10.4 Å². The van der Waals surface area contributed by atoms with E-state index in [0.717, 1.165) is 37.5 Å². The Bertz CT molecular complexity index is 308. The highest BCUT2D eigenvalue weighted by Crippen LogP contribution is 2.32. The van der Waals surface area contributed by atoms with E-state index in [2.05, 4.69) is 19.2 Å². The summed E-state index contributed by atoms with van der Waals surface area (Å²) in [6.45, 7) is 4.62. The monoisotopic (exact) mass is 281 g/mol. The third-order valence-corrected chi connectivity index (χ3v) is 5.24. The lowest BCUT2D eigenvalue weighted by atomic mass is 9.85. The molecule has 0 amide bonds. The Morgan fingerprint density at radius 3 is 2.35 bits per heavy atom. The van der Waals surface area contributed by atoms with Gasteiger partial charge in [-0.3, -0.25) is 4.79 Å². The molecule has 0 radical (unpaired) electrons. The molecule has 2 saturated carbocycles. The number of carboxylic acids is 1. The Morgan fingerprint density at radius 2 is 1.75 bits per heavy atom. The van der Waals surface area contributed by atoms with Crippen LogP contribution in [0.3, 0.4) is 0 Å². The zero-order valence-corrected chi connectivity index (χ0v) is 13.1. The summed E-state index contributed by atoms with van der Waals surface area (Å²) in [7, 11) is 0. The summed E-state index contributed by atoms with van der Waals surface area (Å²) in [5.41, 5.74) is 0. The summed E-state index contributed by atoms with van der Waals surface area (Å²) in [6.07, 6.45) is 10.6. The average molecular weight is 281 g/mol. The maximum atomic E-state index is 11.0. The largest absolute Gasteiger partial charge is 0.481 e. The van der Waals surface area contributed by atoms with Crippen molar-refractivity contribution in [3.8, 4) is 0 Å². The van der Waals surface area contributed by atoms with Crippen LogP contribution in [0.2, 0.25) is 0 Å². The molecule has 0 aromatic carbocycles. The van der Waals surface area contributed by atoms with E-state index in [0.29, 0.717) is 12.1 Å². The van der Waals surface area contributed by atoms with Gasteiger partial charge in [0.15, 0.2) is 0 Å². The summed E-state index contributed by atoms with van der Waals surface area (Å²) in [5.74, 6) is 1.06. The van der Waals surface area contributed by atoms with E-state index in [4.69, 9.17) is 5.11 Å². The molecule has 0 aliphatic heterocycles. The molecule has 116 valence electrons. The van der Waals surface area contributed by atoms with E-state index in [-0.39, 0.29) is 5.92 Å². The van der Waals surface area contributed by atoms with Gasteiger partial charge in [0.2, 0.25) is 0 Å². The van der Waals surface area contributed by atoms with E-state index in [1.165, 1.54) is 32.1 Å². The van der Waals surface area contributed by atoms with Gasteiger partial charge in [0, 0.05) is 12.1 Å². The maximum Gasteiger partial charge on any atom is 0.306 e. The minimum atomic E-state index is -0.599. The van der Waals surface area contributed by atoms with Crippen molar-refractivity contribution in [2.75, 3.05) is 0 Å². The smallest absolute Gasteiger partial charge is 0.306 e. The first-order valence-corrected chi connectivity index (χ1v) is 8.53. The average Bonchev–Trinajstić information content (AvgIpc) is 2.84. The van der Waals surface area contributed by atoms with Crippen LogP contribution in [-0.4, -0.2) is 23.2 Å². The minimum absolute atomic E-state index is 0.0876. The topological polar surface area (TPSA) is 49.3 Å². The molecule has 0 aromatic heterocycles.